The lowest BCUT2D eigenvalue weighted by Gasteiger charge is -2.29. The molecule has 2 heterocycles. The Kier molecular flexibility index (Phi) is 6.51. The van der Waals surface area contributed by atoms with Gasteiger partial charge in [0.1, 0.15) is 10.7 Å². The number of hydrogen-bond donors (Lipinski definition) is 5. The Morgan fingerprint density at radius 1 is 1.06 bits per heavy atom. The number of urea groups is 1. The van der Waals surface area contributed by atoms with E-state index in [0.29, 0.717) is 12.8 Å². The van der Waals surface area contributed by atoms with Crippen molar-refractivity contribution in [1.82, 2.24) is 10.0 Å². The molecule has 2 aliphatic heterocycles. The van der Waals surface area contributed by atoms with Gasteiger partial charge in [-0.15, -0.1) is 0 Å². The Balaban J connectivity index is 1.53. The molecular formula is C20H21Cl2FN4O4S. The highest BCUT2D eigenvalue weighted by Crippen LogP contribution is 2.38. The van der Waals surface area contributed by atoms with Crippen LogP contribution in [0.15, 0.2) is 35.2 Å². The number of carbonyl (C=O) groups is 1. The number of benzene rings is 2. The molecule has 2 saturated heterocycles. The van der Waals surface area contributed by atoms with Crippen molar-refractivity contribution >= 4 is 50.6 Å². The van der Waals surface area contributed by atoms with E-state index in [0.717, 1.165) is 18.9 Å². The molecule has 12 heteroatoms. The van der Waals surface area contributed by atoms with Gasteiger partial charge in [0.2, 0.25) is 10.0 Å². The van der Waals surface area contributed by atoms with Crippen molar-refractivity contribution in [3.8, 4) is 5.75 Å². The summed E-state index contributed by atoms with van der Waals surface area (Å²) >= 11 is 11.9. The summed E-state index contributed by atoms with van der Waals surface area (Å²) in [5.41, 5.74) is -0.183. The molecule has 32 heavy (non-hydrogen) atoms. The minimum absolute atomic E-state index is 0.00710. The van der Waals surface area contributed by atoms with Gasteiger partial charge in [0.15, 0.2) is 5.75 Å². The average Bonchev–Trinajstić information content (AvgIpc) is 3.05. The first-order valence-corrected chi connectivity index (χ1v) is 12.2. The van der Waals surface area contributed by atoms with Crippen molar-refractivity contribution in [2.75, 3.05) is 10.6 Å². The summed E-state index contributed by atoms with van der Waals surface area (Å²) in [7, 11) is -4.17. The van der Waals surface area contributed by atoms with Crippen LogP contribution in [-0.2, 0) is 10.0 Å². The first-order chi connectivity index (χ1) is 15.1. The zero-order valence-corrected chi connectivity index (χ0v) is 19.0. The Bertz CT molecular complexity index is 1150. The number of piperidine rings is 1. The van der Waals surface area contributed by atoms with Gasteiger partial charge in [-0.1, -0.05) is 29.3 Å². The molecule has 2 bridgehead atoms. The van der Waals surface area contributed by atoms with Gasteiger partial charge in [-0.25, -0.2) is 22.3 Å². The molecule has 2 aliphatic rings. The van der Waals surface area contributed by atoms with Gasteiger partial charge in [0, 0.05) is 18.1 Å². The van der Waals surface area contributed by atoms with Crippen LogP contribution in [0, 0.1) is 5.82 Å². The number of amides is 2. The number of anilines is 2. The van der Waals surface area contributed by atoms with Gasteiger partial charge in [0.05, 0.1) is 21.4 Å². The lowest BCUT2D eigenvalue weighted by molar-refractivity contribution is 0.262. The zero-order chi connectivity index (χ0) is 23.0. The molecule has 2 atom stereocenters. The number of hydrogen-bond acceptors (Lipinski definition) is 5. The summed E-state index contributed by atoms with van der Waals surface area (Å²) in [5.74, 6) is -1.42. The van der Waals surface area contributed by atoms with E-state index >= 15 is 0 Å². The molecule has 8 nitrogen and oxygen atoms in total. The summed E-state index contributed by atoms with van der Waals surface area (Å²) in [6, 6.07) is 5.77. The van der Waals surface area contributed by atoms with Crippen LogP contribution < -0.4 is 20.7 Å². The summed E-state index contributed by atoms with van der Waals surface area (Å²) in [5, 5.41) is 18.2. The molecule has 0 unspecified atom stereocenters. The van der Waals surface area contributed by atoms with Crippen LogP contribution in [0.2, 0.25) is 10.0 Å². The van der Waals surface area contributed by atoms with Gasteiger partial charge in [-0.05, 0) is 49.9 Å². The molecule has 0 spiro atoms. The largest absolute Gasteiger partial charge is 0.504 e. The van der Waals surface area contributed by atoms with Crippen molar-refractivity contribution in [3.63, 3.8) is 0 Å². The topological polar surface area (TPSA) is 120 Å². The van der Waals surface area contributed by atoms with Crippen LogP contribution in [0.25, 0.3) is 0 Å². The van der Waals surface area contributed by atoms with E-state index in [1.807, 2.05) is 0 Å². The van der Waals surface area contributed by atoms with Crippen LogP contribution in [0.1, 0.15) is 25.7 Å². The number of aromatic hydroxyl groups is 1. The number of nitrogens with one attached hydrogen (secondary N) is 4. The second-order valence-corrected chi connectivity index (χ2v) is 10.3. The summed E-state index contributed by atoms with van der Waals surface area (Å²) in [6.07, 6.45) is 3.28. The fourth-order valence-electron chi connectivity index (χ4n) is 4.21. The lowest BCUT2D eigenvalue weighted by atomic mass is 10.0. The van der Waals surface area contributed by atoms with E-state index in [9.17, 15) is 22.7 Å². The molecule has 0 aliphatic carbocycles. The normalized spacial score (nSPS) is 22.5. The maximum Gasteiger partial charge on any atom is 0.323 e. The van der Waals surface area contributed by atoms with Gasteiger partial charge < -0.3 is 21.1 Å². The Hall–Kier alpha value is -2.11. The highest BCUT2D eigenvalue weighted by molar-refractivity contribution is 7.89. The van der Waals surface area contributed by atoms with Gasteiger partial charge >= 0.3 is 6.03 Å². The molecule has 0 saturated carbocycles. The monoisotopic (exact) mass is 502 g/mol. The summed E-state index contributed by atoms with van der Waals surface area (Å²) < 4.78 is 42.2. The average molecular weight is 503 g/mol. The van der Waals surface area contributed by atoms with E-state index < -0.39 is 32.5 Å². The van der Waals surface area contributed by atoms with E-state index in [-0.39, 0.29) is 39.5 Å². The highest BCUT2D eigenvalue weighted by Gasteiger charge is 2.36. The van der Waals surface area contributed by atoms with Crippen molar-refractivity contribution < 1.29 is 22.7 Å². The third-order valence-electron chi connectivity index (χ3n) is 5.60. The van der Waals surface area contributed by atoms with Crippen molar-refractivity contribution in [2.45, 2.75) is 48.7 Å². The number of sulfonamides is 1. The van der Waals surface area contributed by atoms with Crippen LogP contribution in [0.3, 0.4) is 0 Å². The first-order valence-electron chi connectivity index (χ1n) is 9.96. The second kappa shape index (κ2) is 9.03. The minimum atomic E-state index is -4.17. The SMILES string of the molecule is O=C(Nc1ccc(Cl)c(S(=O)(=O)NC2C[C@@H]3CC[C@@H](C2)N3)c1O)Nc1cccc(F)c1Cl. The van der Waals surface area contributed by atoms with Crippen molar-refractivity contribution in [1.29, 1.82) is 0 Å². The molecule has 2 aromatic rings. The van der Waals surface area contributed by atoms with E-state index in [4.69, 9.17) is 23.2 Å². The number of fused-ring (bicyclic) bond motifs is 2. The molecular weight excluding hydrogens is 482 g/mol. The Labute approximate surface area is 194 Å². The van der Waals surface area contributed by atoms with Crippen LogP contribution in [0.5, 0.6) is 5.75 Å². The zero-order valence-electron chi connectivity index (χ0n) is 16.7. The first kappa shape index (κ1) is 23.1. The third-order valence-corrected chi connectivity index (χ3v) is 8.00. The Morgan fingerprint density at radius 3 is 2.41 bits per heavy atom. The van der Waals surface area contributed by atoms with Crippen LogP contribution in [-0.4, -0.2) is 37.7 Å². The predicted octanol–water partition coefficient (Wildman–Crippen LogP) is 4.04. The standard InChI is InChI=1S/C20H21Cl2FN4O4S/c21-13-6-7-16(26-20(29)25-15-3-1-2-14(23)17(15)22)18(28)19(13)32(30,31)27-12-8-10-4-5-11(9-12)24-10/h1-3,6-7,10-12,24,27-28H,4-5,8-9H2,(H2,25,26,29)/t10-,11-/m0/s1. The molecule has 4 rings (SSSR count). The highest BCUT2D eigenvalue weighted by atomic mass is 35.5. The smallest absolute Gasteiger partial charge is 0.323 e. The van der Waals surface area contributed by atoms with Gasteiger partial charge in [0.25, 0.3) is 0 Å². The van der Waals surface area contributed by atoms with Gasteiger partial charge in [-0.3, -0.25) is 0 Å². The number of rotatable bonds is 5. The molecule has 2 aromatic carbocycles. The van der Waals surface area contributed by atoms with Gasteiger partial charge in [-0.2, -0.15) is 0 Å². The number of carbonyl (C=O) groups excluding carboxylic acids is 1. The van der Waals surface area contributed by atoms with E-state index in [2.05, 4.69) is 20.7 Å². The quantitative estimate of drug-likeness (QED) is 0.395. The maximum absolute atomic E-state index is 13.6. The molecule has 172 valence electrons. The predicted molar refractivity (Wildman–Crippen MR) is 120 cm³/mol. The number of phenols is 1. The second-order valence-electron chi connectivity index (χ2n) is 7.88. The molecule has 5 N–H and O–H groups in total. The van der Waals surface area contributed by atoms with Crippen molar-refractivity contribution in [3.05, 3.63) is 46.2 Å². The minimum Gasteiger partial charge on any atom is -0.504 e. The van der Waals surface area contributed by atoms with E-state index in [1.165, 1.54) is 24.3 Å². The molecule has 0 aromatic heterocycles. The van der Waals surface area contributed by atoms with Crippen LogP contribution in [0.4, 0.5) is 20.6 Å². The Morgan fingerprint density at radius 2 is 1.72 bits per heavy atom. The molecule has 2 fully saturated rings. The molecule has 2 amide bonds. The van der Waals surface area contributed by atoms with E-state index in [1.54, 1.807) is 0 Å². The molecule has 0 radical (unpaired) electrons. The van der Waals surface area contributed by atoms with Crippen molar-refractivity contribution in [2.24, 2.45) is 0 Å². The number of phenolic OH excluding ortho intramolecular Hbond substituents is 1. The third kappa shape index (κ3) is 4.79. The number of halogens is 3. The van der Waals surface area contributed by atoms with Crippen LogP contribution >= 0.6 is 23.2 Å². The lowest BCUT2D eigenvalue weighted by Crippen LogP contribution is -2.47. The maximum atomic E-state index is 13.6. The fraction of sp³-hybridized carbons (Fsp3) is 0.350. The summed E-state index contributed by atoms with van der Waals surface area (Å²) in [6.45, 7) is 0. The fourth-order valence-corrected chi connectivity index (χ4v) is 6.28. The summed E-state index contributed by atoms with van der Waals surface area (Å²) in [4.78, 5) is 11.8.